The normalized spacial score (nSPS) is 11.3. The Labute approximate surface area is 177 Å². The van der Waals surface area contributed by atoms with Gasteiger partial charge in [-0.05, 0) is 47.8 Å². The van der Waals surface area contributed by atoms with Gasteiger partial charge in [-0.2, -0.15) is 13.2 Å². The predicted octanol–water partition coefficient (Wildman–Crippen LogP) is 6.28. The first-order valence-electron chi connectivity index (χ1n) is 8.62. The smallest absolute Gasteiger partial charge is 0.330 e. The number of carbonyl (C=O) groups is 1. The number of para-hydroxylation sites is 1. The first kappa shape index (κ1) is 20.0. The summed E-state index contributed by atoms with van der Waals surface area (Å²) < 4.78 is 39.4. The molecule has 152 valence electrons. The summed E-state index contributed by atoms with van der Waals surface area (Å²) >= 11 is 2.48. The molecule has 2 aromatic heterocycles. The Hall–Kier alpha value is -3.24. The summed E-state index contributed by atoms with van der Waals surface area (Å²) in [7, 11) is 0. The van der Waals surface area contributed by atoms with E-state index in [2.05, 4.69) is 20.8 Å². The second-order valence-corrected chi connectivity index (χ2v) is 8.01. The summed E-state index contributed by atoms with van der Waals surface area (Å²) in [5, 5.41) is 16.1. The number of halogens is 3. The van der Waals surface area contributed by atoms with Crippen LogP contribution in [0.15, 0.2) is 66.0 Å². The minimum atomic E-state index is -4.47. The van der Waals surface area contributed by atoms with Crippen molar-refractivity contribution < 1.29 is 18.0 Å². The van der Waals surface area contributed by atoms with Crippen molar-refractivity contribution in [2.75, 3.05) is 10.6 Å². The first-order valence-corrected chi connectivity index (χ1v) is 10.3. The molecule has 4 rings (SSSR count). The maximum atomic E-state index is 13.1. The van der Waals surface area contributed by atoms with Gasteiger partial charge in [0, 0.05) is 11.3 Å². The molecule has 0 aliphatic carbocycles. The van der Waals surface area contributed by atoms with Gasteiger partial charge in [-0.25, -0.2) is 0 Å². The van der Waals surface area contributed by atoms with E-state index in [4.69, 9.17) is 0 Å². The van der Waals surface area contributed by atoms with Crippen LogP contribution in [0.5, 0.6) is 0 Å². The summed E-state index contributed by atoms with van der Waals surface area (Å²) in [6.45, 7) is 0. The molecule has 0 atom stereocenters. The molecule has 10 heteroatoms. The van der Waals surface area contributed by atoms with Gasteiger partial charge in [-0.3, -0.25) is 4.79 Å². The van der Waals surface area contributed by atoms with Crippen molar-refractivity contribution in [2.24, 2.45) is 0 Å². The van der Waals surface area contributed by atoms with Crippen molar-refractivity contribution in [3.63, 3.8) is 0 Å². The minimum absolute atomic E-state index is 0.0839. The Kier molecular flexibility index (Phi) is 5.51. The summed E-state index contributed by atoms with van der Waals surface area (Å²) in [6.07, 6.45) is -4.47. The third-order valence-electron chi connectivity index (χ3n) is 4.03. The van der Waals surface area contributed by atoms with Gasteiger partial charge in [0.15, 0.2) is 0 Å². The molecule has 0 aliphatic heterocycles. The molecule has 0 spiro atoms. The molecule has 1 amide bonds. The number of alkyl halides is 3. The van der Waals surface area contributed by atoms with Crippen LogP contribution < -0.4 is 10.6 Å². The van der Waals surface area contributed by atoms with Crippen LogP contribution in [0.3, 0.4) is 0 Å². The van der Waals surface area contributed by atoms with Gasteiger partial charge < -0.3 is 10.6 Å². The number of rotatable bonds is 5. The quantitative estimate of drug-likeness (QED) is 0.379. The minimum Gasteiger partial charge on any atom is -0.330 e. The highest BCUT2D eigenvalue weighted by Gasteiger charge is 2.33. The molecule has 2 heterocycles. The Morgan fingerprint density at radius 2 is 1.70 bits per heavy atom. The van der Waals surface area contributed by atoms with Gasteiger partial charge in [-0.1, -0.05) is 29.5 Å². The van der Waals surface area contributed by atoms with E-state index in [9.17, 15) is 18.0 Å². The number of hydrogen-bond donors (Lipinski definition) is 2. The number of aromatic nitrogens is 2. The molecular formula is C20H13F3N4OS2. The van der Waals surface area contributed by atoms with E-state index in [1.54, 1.807) is 36.4 Å². The van der Waals surface area contributed by atoms with E-state index in [0.717, 1.165) is 23.0 Å². The second kappa shape index (κ2) is 8.25. The van der Waals surface area contributed by atoms with Crippen molar-refractivity contribution in [1.82, 2.24) is 10.2 Å². The van der Waals surface area contributed by atoms with Crippen LogP contribution >= 0.6 is 22.7 Å². The summed E-state index contributed by atoms with van der Waals surface area (Å²) in [5.41, 5.74) is 0.504. The number of amides is 1. The zero-order valence-corrected chi connectivity index (χ0v) is 16.7. The zero-order chi connectivity index (χ0) is 21.1. The van der Waals surface area contributed by atoms with Crippen molar-refractivity contribution in [1.29, 1.82) is 0 Å². The molecule has 4 aromatic rings. The standard InChI is InChI=1S/C20H13F3N4OS2/c21-20(22,23)14-4-1-2-5-15(14)25-19-27-26-18(30-19)12-7-9-13(10-8-12)24-17(28)16-6-3-11-29-16/h1-11H,(H,24,28)(H,25,27). The Morgan fingerprint density at radius 1 is 0.933 bits per heavy atom. The molecule has 0 bridgehead atoms. The Bertz CT molecular complexity index is 1160. The predicted molar refractivity (Wildman–Crippen MR) is 112 cm³/mol. The fraction of sp³-hybridized carbons (Fsp3) is 0.0500. The highest BCUT2D eigenvalue weighted by Crippen LogP contribution is 2.37. The highest BCUT2D eigenvalue weighted by atomic mass is 32.1. The average molecular weight is 446 g/mol. The largest absolute Gasteiger partial charge is 0.418 e. The number of carbonyl (C=O) groups excluding carboxylic acids is 1. The van der Waals surface area contributed by atoms with E-state index >= 15 is 0 Å². The maximum Gasteiger partial charge on any atom is 0.418 e. The van der Waals surface area contributed by atoms with E-state index in [1.165, 1.54) is 29.5 Å². The number of anilines is 3. The highest BCUT2D eigenvalue weighted by molar-refractivity contribution is 7.18. The van der Waals surface area contributed by atoms with Crippen LogP contribution in [-0.2, 0) is 6.18 Å². The maximum absolute atomic E-state index is 13.1. The van der Waals surface area contributed by atoms with Crippen molar-refractivity contribution in [3.05, 3.63) is 76.5 Å². The molecule has 5 nitrogen and oxygen atoms in total. The lowest BCUT2D eigenvalue weighted by atomic mass is 10.2. The van der Waals surface area contributed by atoms with Gasteiger partial charge in [-0.15, -0.1) is 21.5 Å². The van der Waals surface area contributed by atoms with Crippen LogP contribution in [0, 0.1) is 0 Å². The third kappa shape index (κ3) is 4.50. The van der Waals surface area contributed by atoms with Crippen molar-refractivity contribution in [2.45, 2.75) is 6.18 Å². The fourth-order valence-electron chi connectivity index (χ4n) is 2.64. The molecular weight excluding hydrogens is 433 g/mol. The van der Waals surface area contributed by atoms with Gasteiger partial charge in [0.05, 0.1) is 16.1 Å². The molecule has 0 aliphatic rings. The van der Waals surface area contributed by atoms with Crippen LogP contribution in [0.25, 0.3) is 10.6 Å². The number of nitrogens with zero attached hydrogens (tertiary/aromatic N) is 2. The van der Waals surface area contributed by atoms with Gasteiger partial charge in [0.2, 0.25) is 5.13 Å². The third-order valence-corrected chi connectivity index (χ3v) is 5.79. The molecule has 30 heavy (non-hydrogen) atoms. The molecule has 0 fully saturated rings. The lowest BCUT2D eigenvalue weighted by Crippen LogP contribution is -2.09. The SMILES string of the molecule is O=C(Nc1ccc(-c2nnc(Nc3ccccc3C(F)(F)F)s2)cc1)c1cccs1. The molecule has 2 N–H and O–H groups in total. The fourth-order valence-corrected chi connectivity index (χ4v) is 4.02. The first-order chi connectivity index (χ1) is 14.4. The van der Waals surface area contributed by atoms with Crippen molar-refractivity contribution >= 4 is 45.1 Å². The number of thiophene rings is 1. The van der Waals surface area contributed by atoms with Gasteiger partial charge in [0.1, 0.15) is 5.01 Å². The lowest BCUT2D eigenvalue weighted by molar-refractivity contribution is -0.136. The molecule has 0 saturated heterocycles. The van der Waals surface area contributed by atoms with E-state index in [-0.39, 0.29) is 16.7 Å². The molecule has 0 radical (unpaired) electrons. The number of benzene rings is 2. The van der Waals surface area contributed by atoms with Crippen LogP contribution in [0.1, 0.15) is 15.2 Å². The number of nitrogens with one attached hydrogen (secondary N) is 2. The lowest BCUT2D eigenvalue weighted by Gasteiger charge is -2.12. The van der Waals surface area contributed by atoms with Crippen LogP contribution in [-0.4, -0.2) is 16.1 Å². The second-order valence-electron chi connectivity index (χ2n) is 6.09. The summed E-state index contributed by atoms with van der Waals surface area (Å²) in [6, 6.07) is 15.7. The monoisotopic (exact) mass is 446 g/mol. The van der Waals surface area contributed by atoms with Crippen molar-refractivity contribution in [3.8, 4) is 10.6 Å². The van der Waals surface area contributed by atoms with Crippen LogP contribution in [0.4, 0.5) is 29.7 Å². The van der Waals surface area contributed by atoms with E-state index < -0.39 is 11.7 Å². The number of hydrogen-bond acceptors (Lipinski definition) is 6. The topological polar surface area (TPSA) is 66.9 Å². The Balaban J connectivity index is 1.48. The molecule has 0 saturated carbocycles. The average Bonchev–Trinajstić information content (AvgIpc) is 3.40. The van der Waals surface area contributed by atoms with E-state index in [0.29, 0.717) is 15.6 Å². The molecule has 2 aromatic carbocycles. The Morgan fingerprint density at radius 3 is 2.40 bits per heavy atom. The van der Waals surface area contributed by atoms with Crippen LogP contribution in [0.2, 0.25) is 0 Å². The molecule has 0 unspecified atom stereocenters. The van der Waals surface area contributed by atoms with Gasteiger partial charge in [0.25, 0.3) is 5.91 Å². The zero-order valence-electron chi connectivity index (χ0n) is 15.1. The summed E-state index contributed by atoms with van der Waals surface area (Å²) in [4.78, 5) is 12.7. The summed E-state index contributed by atoms with van der Waals surface area (Å²) in [5.74, 6) is -0.191. The van der Waals surface area contributed by atoms with Gasteiger partial charge >= 0.3 is 6.18 Å². The van der Waals surface area contributed by atoms with E-state index in [1.807, 2.05) is 5.38 Å².